The summed E-state index contributed by atoms with van der Waals surface area (Å²) in [7, 11) is 7.12. The van der Waals surface area contributed by atoms with Gasteiger partial charge >= 0.3 is 5.97 Å². The van der Waals surface area contributed by atoms with Gasteiger partial charge in [-0.1, -0.05) is 20.8 Å². The topological polar surface area (TPSA) is 212 Å². The van der Waals surface area contributed by atoms with Crippen molar-refractivity contribution in [3.63, 3.8) is 0 Å². The van der Waals surface area contributed by atoms with Crippen LogP contribution < -0.4 is 0 Å². The Morgan fingerprint density at radius 2 is 1.55 bits per heavy atom. The Bertz CT molecular complexity index is 1150. The van der Waals surface area contributed by atoms with Gasteiger partial charge in [0.05, 0.1) is 41.5 Å². The van der Waals surface area contributed by atoms with Crippen LogP contribution in [-0.4, -0.2) is 172 Å². The van der Waals surface area contributed by atoms with Crippen LogP contribution in [-0.2, 0) is 33.2 Å². The molecule has 3 rings (SSSR count). The Balaban J connectivity index is 0.00000972. The van der Waals surface area contributed by atoms with E-state index in [0.717, 1.165) is 0 Å². The Kier molecular flexibility index (Phi) is 17.2. The first-order chi connectivity index (χ1) is 23.9. The molecule has 15 nitrogen and oxygen atoms in total. The molecule has 3 aliphatic heterocycles. The summed E-state index contributed by atoms with van der Waals surface area (Å²) in [5.74, 6) is -2.58. The zero-order chi connectivity index (χ0) is 39.7. The van der Waals surface area contributed by atoms with Crippen molar-refractivity contribution in [3.8, 4) is 0 Å². The Hall–Kier alpha value is -1.05. The number of aliphatic hydroxyl groups excluding tert-OH is 3. The van der Waals surface area contributed by atoms with Gasteiger partial charge in [0.2, 0.25) is 0 Å². The molecule has 15 heteroatoms. The van der Waals surface area contributed by atoms with Gasteiger partial charge in [0.25, 0.3) is 0 Å². The normalized spacial score (nSPS) is 48.7. The van der Waals surface area contributed by atoms with Crippen molar-refractivity contribution in [2.45, 2.75) is 185 Å². The van der Waals surface area contributed by atoms with Crippen molar-refractivity contribution in [1.29, 1.82) is 0 Å². The number of hydrogen-bond acceptors (Lipinski definition) is 14. The molecule has 0 amide bonds. The first-order valence-electron chi connectivity index (χ1n) is 19.1. The van der Waals surface area contributed by atoms with Crippen molar-refractivity contribution in [1.82, 2.24) is 9.80 Å². The smallest absolute Gasteiger partial charge is 0.311 e. The molecule has 3 aliphatic rings. The Labute approximate surface area is 317 Å². The minimum absolute atomic E-state index is 0. The van der Waals surface area contributed by atoms with Crippen LogP contribution in [0.1, 0.15) is 94.9 Å². The fourth-order valence-electron chi connectivity index (χ4n) is 8.74. The number of methoxy groups -OCH3 is 1. The number of carbonyl (C=O) groups is 1. The third kappa shape index (κ3) is 10.9. The number of cyclic esters (lactones) is 1. The summed E-state index contributed by atoms with van der Waals surface area (Å²) in [6.07, 6.45) is -8.19. The Morgan fingerprint density at radius 1 is 0.943 bits per heavy atom. The number of carbonyl (C=O) groups excluding carboxylic acids is 1. The lowest BCUT2D eigenvalue weighted by molar-refractivity contribution is -0.318. The van der Waals surface area contributed by atoms with E-state index in [0.29, 0.717) is 13.0 Å². The number of aliphatic hydroxyl groups is 5. The van der Waals surface area contributed by atoms with Gasteiger partial charge in [-0.05, 0) is 94.8 Å². The molecule has 0 aromatic heterocycles. The van der Waals surface area contributed by atoms with E-state index >= 15 is 0 Å². The van der Waals surface area contributed by atoms with Crippen molar-refractivity contribution < 1.29 is 64.2 Å². The first-order valence-corrected chi connectivity index (χ1v) is 19.1. The van der Waals surface area contributed by atoms with Gasteiger partial charge in [0.15, 0.2) is 12.6 Å². The molecule has 7 N–H and O–H groups in total. The molecule has 0 aromatic rings. The molecule has 3 fully saturated rings. The van der Waals surface area contributed by atoms with E-state index in [1.165, 1.54) is 14.0 Å². The minimum atomic E-state index is -1.80. The van der Waals surface area contributed by atoms with E-state index in [4.69, 9.17) is 28.4 Å². The second-order valence-corrected chi connectivity index (χ2v) is 17.2. The summed E-state index contributed by atoms with van der Waals surface area (Å²) in [6.45, 7) is 18.0. The van der Waals surface area contributed by atoms with Gasteiger partial charge < -0.3 is 69.2 Å². The lowest BCUT2D eigenvalue weighted by Gasteiger charge is -2.48. The molecule has 53 heavy (non-hydrogen) atoms. The zero-order valence-electron chi connectivity index (χ0n) is 34.7. The van der Waals surface area contributed by atoms with E-state index in [1.54, 1.807) is 41.5 Å². The molecule has 0 aliphatic carbocycles. The Morgan fingerprint density at radius 3 is 2.09 bits per heavy atom. The molecular weight excluding hydrogens is 692 g/mol. The summed E-state index contributed by atoms with van der Waals surface area (Å²) < 4.78 is 37.5. The fraction of sp³-hybridized carbons (Fsp3) is 0.974. The van der Waals surface area contributed by atoms with Crippen LogP contribution in [0.5, 0.6) is 0 Å². The molecule has 18 atom stereocenters. The number of ether oxygens (including phenoxy) is 6. The highest BCUT2D eigenvalue weighted by molar-refractivity contribution is 5.73. The van der Waals surface area contributed by atoms with Crippen molar-refractivity contribution >= 4 is 5.97 Å². The highest BCUT2D eigenvalue weighted by atomic mass is 16.7. The van der Waals surface area contributed by atoms with Gasteiger partial charge in [-0.2, -0.15) is 0 Å². The molecule has 0 radical (unpaired) electrons. The summed E-state index contributed by atoms with van der Waals surface area (Å²) in [5, 5.41) is 58.1. The standard InChI is InChI=1S/C38H72N2O12.H2O/c1-15-27-38(10,46)31(42)24(6)40(13)19-20(2)17-36(8,45)33(52-35-29(41)26(39(11)12)16-21(3)48-35)22(4)30(23(5)34(44)50-27)51-28-18-37(9,47-14)32(43)25(7)49-28;/h20-33,35,41-43,45-46H,15-19H2,1-14H3;1H2/t20-,21+,22+,23-,24-,25+,26-,27-,28+,29+,30+,31+,32+,33+,35-,36-,37+,38-;/m1./s1. The van der Waals surface area contributed by atoms with Crippen LogP contribution in [0, 0.1) is 17.8 Å². The maximum Gasteiger partial charge on any atom is 0.311 e. The van der Waals surface area contributed by atoms with Gasteiger partial charge in [-0.3, -0.25) is 4.79 Å². The van der Waals surface area contributed by atoms with Gasteiger partial charge in [0.1, 0.15) is 30.0 Å². The summed E-state index contributed by atoms with van der Waals surface area (Å²) in [4.78, 5) is 18.0. The van der Waals surface area contributed by atoms with E-state index in [-0.39, 0.29) is 42.8 Å². The second-order valence-electron chi connectivity index (χ2n) is 17.2. The number of esters is 1. The van der Waals surface area contributed by atoms with Crippen LogP contribution in [0.15, 0.2) is 0 Å². The minimum Gasteiger partial charge on any atom is -0.459 e. The highest BCUT2D eigenvalue weighted by Crippen LogP contribution is 2.40. The van der Waals surface area contributed by atoms with Crippen molar-refractivity contribution in [2.24, 2.45) is 17.8 Å². The van der Waals surface area contributed by atoms with E-state index in [9.17, 15) is 30.3 Å². The first kappa shape index (κ1) is 48.1. The van der Waals surface area contributed by atoms with Crippen LogP contribution in [0.3, 0.4) is 0 Å². The largest absolute Gasteiger partial charge is 0.459 e. The van der Waals surface area contributed by atoms with Crippen molar-refractivity contribution in [3.05, 3.63) is 0 Å². The van der Waals surface area contributed by atoms with E-state index in [1.807, 2.05) is 51.7 Å². The lowest BCUT2D eigenvalue weighted by Crippen LogP contribution is -2.60. The van der Waals surface area contributed by atoms with E-state index < -0.39 is 96.0 Å². The second kappa shape index (κ2) is 18.9. The maximum absolute atomic E-state index is 14.2. The molecule has 0 saturated carbocycles. The predicted molar refractivity (Wildman–Crippen MR) is 198 cm³/mol. The highest BCUT2D eigenvalue weighted by Gasteiger charge is 2.52. The monoisotopic (exact) mass is 767 g/mol. The average molecular weight is 767 g/mol. The van der Waals surface area contributed by atoms with Gasteiger partial charge in [-0.25, -0.2) is 0 Å². The summed E-state index contributed by atoms with van der Waals surface area (Å²) in [5.41, 5.74) is -4.37. The van der Waals surface area contributed by atoms with Crippen LogP contribution in [0.4, 0.5) is 0 Å². The summed E-state index contributed by atoms with van der Waals surface area (Å²) in [6, 6.07) is -0.808. The molecule has 3 heterocycles. The average Bonchev–Trinajstić information content (AvgIpc) is 3.05. The van der Waals surface area contributed by atoms with Crippen molar-refractivity contribution in [2.75, 3.05) is 34.8 Å². The molecule has 0 unspecified atom stereocenters. The number of nitrogens with zero attached hydrogens (tertiary/aromatic N) is 2. The van der Waals surface area contributed by atoms with Crippen LogP contribution in [0.2, 0.25) is 0 Å². The van der Waals surface area contributed by atoms with Crippen LogP contribution in [0.25, 0.3) is 0 Å². The molecule has 0 spiro atoms. The van der Waals surface area contributed by atoms with Gasteiger partial charge in [-0.15, -0.1) is 0 Å². The number of rotatable bonds is 7. The molecule has 0 aromatic carbocycles. The third-order valence-electron chi connectivity index (χ3n) is 12.2. The fourth-order valence-corrected chi connectivity index (χ4v) is 8.74. The zero-order valence-corrected chi connectivity index (χ0v) is 34.7. The molecule has 314 valence electrons. The molecule has 0 bridgehead atoms. The number of hydrogen-bond donors (Lipinski definition) is 5. The number of likely N-dealkylation sites (N-methyl/N-ethyl adjacent to an activating group) is 2. The quantitative estimate of drug-likeness (QED) is 0.230. The van der Waals surface area contributed by atoms with Crippen LogP contribution >= 0.6 is 0 Å². The van der Waals surface area contributed by atoms with E-state index in [2.05, 4.69) is 0 Å². The van der Waals surface area contributed by atoms with Gasteiger partial charge in [0, 0.05) is 38.1 Å². The SMILES string of the molecule is CC[C@H]1OC(=O)[C@H](C)[C@@H](O[C@H]2C[C@](C)(OC)[C@@H](O)[C@H](C)O2)[C@H](C)[C@H](O[C@H]2O[C@@H](C)C[C@@H](N(C)C)[C@@H]2O)[C@](C)(O)C[C@@H](C)CN(C)[C@H](C)[C@H](O)[C@]1(C)O.O. The summed E-state index contributed by atoms with van der Waals surface area (Å²) >= 11 is 0. The molecule has 3 saturated heterocycles. The molecular formula is C38H74N2O13. The third-order valence-corrected chi connectivity index (χ3v) is 12.2. The maximum atomic E-state index is 14.2. The predicted octanol–water partition coefficient (Wildman–Crippen LogP) is 1.08. The lowest BCUT2D eigenvalue weighted by atomic mass is 9.77.